The molecule has 0 radical (unpaired) electrons. The molecule has 0 rings (SSSR count). The highest BCUT2D eigenvalue weighted by Crippen LogP contribution is 2.16. The summed E-state index contributed by atoms with van der Waals surface area (Å²) in [7, 11) is 5.92. The molecule has 0 aromatic carbocycles. The summed E-state index contributed by atoms with van der Waals surface area (Å²) in [6.07, 6.45) is 115. The van der Waals surface area contributed by atoms with E-state index in [1.807, 2.05) is 21.1 Å². The number of nitrogens with zero attached hydrogens (tertiary/aromatic N) is 1. The van der Waals surface area contributed by atoms with Crippen LogP contribution in [0.25, 0.3) is 0 Å². The van der Waals surface area contributed by atoms with Crippen molar-refractivity contribution < 1.29 is 42.9 Å². The second kappa shape index (κ2) is 75.6. The zero-order chi connectivity index (χ0) is 70.4. The van der Waals surface area contributed by atoms with Crippen LogP contribution >= 0.6 is 0 Å². The minimum absolute atomic E-state index is 0.135. The van der Waals surface area contributed by atoms with Gasteiger partial charge in [0.15, 0.2) is 12.4 Å². The maximum absolute atomic E-state index is 13.0. The van der Waals surface area contributed by atoms with Gasteiger partial charge in [-0.15, -0.1) is 0 Å². The van der Waals surface area contributed by atoms with Crippen LogP contribution in [-0.2, 0) is 33.3 Å². The van der Waals surface area contributed by atoms with Crippen molar-refractivity contribution in [2.75, 3.05) is 47.5 Å². The monoisotopic (exact) mass is 1340 g/mol. The number of aliphatic carboxylic acids is 1. The van der Waals surface area contributed by atoms with Crippen LogP contribution in [0.4, 0.5) is 0 Å². The fourth-order valence-corrected chi connectivity index (χ4v) is 9.78. The molecule has 97 heavy (non-hydrogen) atoms. The molecule has 0 spiro atoms. The lowest BCUT2D eigenvalue weighted by molar-refractivity contribution is -0.870. The summed E-state index contributed by atoms with van der Waals surface area (Å²) in [6.45, 7) is 4.49. The van der Waals surface area contributed by atoms with Crippen molar-refractivity contribution in [1.29, 1.82) is 0 Å². The first-order chi connectivity index (χ1) is 47.6. The Kier molecular flexibility index (Phi) is 70.9. The number of carbonyl (C=O) groups is 3. The van der Waals surface area contributed by atoms with Crippen molar-refractivity contribution in [3.8, 4) is 0 Å². The van der Waals surface area contributed by atoms with E-state index in [1.165, 1.54) is 70.6 Å². The minimum Gasteiger partial charge on any atom is -0.545 e. The third-order valence-electron chi connectivity index (χ3n) is 15.5. The van der Waals surface area contributed by atoms with Crippen LogP contribution < -0.4 is 5.11 Å². The molecule has 0 bridgehead atoms. The van der Waals surface area contributed by atoms with E-state index in [-0.39, 0.29) is 38.6 Å². The van der Waals surface area contributed by atoms with Crippen LogP contribution in [0.15, 0.2) is 207 Å². The third-order valence-corrected chi connectivity index (χ3v) is 15.5. The molecule has 0 saturated carbocycles. The van der Waals surface area contributed by atoms with Crippen molar-refractivity contribution in [2.45, 2.75) is 283 Å². The van der Waals surface area contributed by atoms with E-state index in [1.54, 1.807) is 0 Å². The van der Waals surface area contributed by atoms with Crippen LogP contribution in [0, 0.1) is 0 Å². The second-order valence-electron chi connectivity index (χ2n) is 25.8. The van der Waals surface area contributed by atoms with Crippen molar-refractivity contribution in [2.24, 2.45) is 0 Å². The van der Waals surface area contributed by atoms with E-state index in [0.717, 1.165) is 167 Å². The molecular formula is C88H139NO8. The lowest BCUT2D eigenvalue weighted by Crippen LogP contribution is -2.44. The van der Waals surface area contributed by atoms with Gasteiger partial charge in [0.25, 0.3) is 0 Å². The van der Waals surface area contributed by atoms with Gasteiger partial charge in [-0.25, -0.2) is 0 Å². The van der Waals surface area contributed by atoms with Gasteiger partial charge in [0, 0.05) is 12.8 Å². The topological polar surface area (TPSA) is 111 Å². The zero-order valence-corrected chi connectivity index (χ0v) is 62.1. The number of carboxylic acids is 1. The number of likely N-dealkylation sites (N-methyl/N-ethyl adjacent to an activating group) is 1. The highest BCUT2D eigenvalue weighted by molar-refractivity contribution is 5.70. The highest BCUT2D eigenvalue weighted by Gasteiger charge is 2.22. The number of quaternary nitrogens is 1. The summed E-state index contributed by atoms with van der Waals surface area (Å²) in [5.74, 6) is -2.31. The van der Waals surface area contributed by atoms with Crippen molar-refractivity contribution >= 4 is 17.9 Å². The summed E-state index contributed by atoms with van der Waals surface area (Å²) in [5, 5.41) is 11.9. The average molecular weight is 1340 g/mol. The number of carboxylic acid groups (broad SMARTS) is 1. The van der Waals surface area contributed by atoms with Crippen LogP contribution in [0.3, 0.4) is 0 Å². The van der Waals surface area contributed by atoms with Gasteiger partial charge in [-0.3, -0.25) is 9.59 Å². The van der Waals surface area contributed by atoms with Gasteiger partial charge >= 0.3 is 11.9 Å². The predicted molar refractivity (Wildman–Crippen MR) is 416 cm³/mol. The molecule has 0 aromatic rings. The fraction of sp³-hybridized carbons (Fsp3) is 0.580. The Morgan fingerprint density at radius 1 is 0.309 bits per heavy atom. The normalized spacial score (nSPS) is 13.9. The van der Waals surface area contributed by atoms with Gasteiger partial charge in [-0.05, 0) is 148 Å². The Balaban J connectivity index is 4.17. The molecule has 0 amide bonds. The molecule has 9 nitrogen and oxygen atoms in total. The predicted octanol–water partition coefficient (Wildman–Crippen LogP) is 23.4. The molecule has 0 heterocycles. The summed E-state index contributed by atoms with van der Waals surface area (Å²) in [6, 6.07) is 0. The van der Waals surface area contributed by atoms with Crippen molar-refractivity contribution in [3.05, 3.63) is 207 Å². The molecule has 0 aliphatic heterocycles. The van der Waals surface area contributed by atoms with Crippen LogP contribution in [0.2, 0.25) is 0 Å². The molecule has 0 saturated heterocycles. The fourth-order valence-electron chi connectivity index (χ4n) is 9.78. The van der Waals surface area contributed by atoms with E-state index >= 15 is 0 Å². The standard InChI is InChI=1S/C88H139NO8/c1-6-8-10-12-14-16-18-20-22-24-26-28-30-32-34-36-38-39-40-41-42-43-44-45-46-47-49-51-53-55-57-59-61-63-65-67-69-71-73-75-77-79-86(91)97-84(83-96-88(87(92)93)94-81-80-89(3,4)5)82-95-85(90)78-76-74-72-70-68-66-64-62-60-58-56-54-52-50-48-37-35-33-31-29-27-25-23-21-19-17-15-13-11-9-7-2/h8-11,14-17,20-23,26-29,32-35,38-39,41-42,44-45,47-50,53-56,84,88H,6-7,12-13,18-19,24-25,30-31,36-37,40,43,46,51-52,57-83H2,1-5H3/b10-8-,11-9-,16-14-,17-15-,22-20-,23-21-,28-26-,29-27-,34-32-,35-33-,39-38-,42-41-,45-44-,49-47-,50-48-,55-53-,56-54-. The summed E-state index contributed by atoms with van der Waals surface area (Å²) in [4.78, 5) is 37.6. The van der Waals surface area contributed by atoms with Gasteiger partial charge in [0.2, 0.25) is 0 Å². The molecular weight excluding hydrogens is 1200 g/mol. The molecule has 2 unspecified atom stereocenters. The van der Waals surface area contributed by atoms with E-state index < -0.39 is 24.3 Å². The van der Waals surface area contributed by atoms with Gasteiger partial charge < -0.3 is 33.3 Å². The first kappa shape index (κ1) is 90.9. The average Bonchev–Trinajstić information content (AvgIpc) is 3.27. The Morgan fingerprint density at radius 3 is 0.825 bits per heavy atom. The SMILES string of the molecule is CC/C=C\C/C=C\C/C=C\C/C=C\C/C=C\C/C=C\C/C=C\C/C=C\C/C=C\C/C=C\CCCCCCCCCCCCC(=O)OC(COC(=O)CCCCCCCCCCC/C=C\C/C=C\C/C=C\C/C=C\C/C=C\C/C=C\C/C=C\CC)COC(OCC[N+](C)(C)C)C(=O)[O-]. The van der Waals surface area contributed by atoms with Crippen LogP contribution in [0.1, 0.15) is 271 Å². The summed E-state index contributed by atoms with van der Waals surface area (Å²) in [5.41, 5.74) is 0. The quantitative estimate of drug-likeness (QED) is 0.0195. The Bertz CT molecular complexity index is 2350. The Hall–Kier alpha value is -6.13. The summed E-state index contributed by atoms with van der Waals surface area (Å²) >= 11 is 0. The number of rotatable bonds is 68. The molecule has 0 fully saturated rings. The van der Waals surface area contributed by atoms with Gasteiger partial charge in [0.1, 0.15) is 13.2 Å². The second-order valence-corrected chi connectivity index (χ2v) is 25.8. The summed E-state index contributed by atoms with van der Waals surface area (Å²) < 4.78 is 22.8. The largest absolute Gasteiger partial charge is 0.545 e. The number of esters is 2. The number of allylic oxidation sites excluding steroid dienone is 34. The molecule has 0 aliphatic carbocycles. The van der Waals surface area contributed by atoms with E-state index in [4.69, 9.17) is 18.9 Å². The number of ether oxygens (including phenoxy) is 4. The first-order valence-corrected chi connectivity index (χ1v) is 38.2. The lowest BCUT2D eigenvalue weighted by Gasteiger charge is -2.26. The molecule has 0 N–H and O–H groups in total. The van der Waals surface area contributed by atoms with Crippen LogP contribution in [0.5, 0.6) is 0 Å². The van der Waals surface area contributed by atoms with E-state index in [9.17, 15) is 19.5 Å². The minimum atomic E-state index is -1.64. The van der Waals surface area contributed by atoms with Gasteiger partial charge in [0.05, 0.1) is 40.3 Å². The zero-order valence-electron chi connectivity index (χ0n) is 62.1. The number of unbranched alkanes of at least 4 members (excludes halogenated alkanes) is 19. The van der Waals surface area contributed by atoms with Crippen molar-refractivity contribution in [1.82, 2.24) is 0 Å². The van der Waals surface area contributed by atoms with Crippen molar-refractivity contribution in [3.63, 3.8) is 0 Å². The maximum Gasteiger partial charge on any atom is 0.306 e. The Morgan fingerprint density at radius 2 is 0.557 bits per heavy atom. The lowest BCUT2D eigenvalue weighted by atomic mass is 10.0. The first-order valence-electron chi connectivity index (χ1n) is 38.2. The van der Waals surface area contributed by atoms with Gasteiger partial charge in [-0.2, -0.15) is 0 Å². The van der Waals surface area contributed by atoms with E-state index in [2.05, 4.69) is 220 Å². The molecule has 9 heteroatoms. The molecule has 0 aliphatic rings. The van der Waals surface area contributed by atoms with Crippen LogP contribution in [-0.4, -0.2) is 82.3 Å². The van der Waals surface area contributed by atoms with E-state index in [0.29, 0.717) is 17.4 Å². The molecule has 0 aromatic heterocycles. The number of hydrogen-bond acceptors (Lipinski definition) is 8. The molecule has 544 valence electrons. The molecule has 2 atom stereocenters. The van der Waals surface area contributed by atoms with Gasteiger partial charge in [-0.1, -0.05) is 317 Å². The Labute approximate surface area is 594 Å². The maximum atomic E-state index is 13.0. The number of carbonyl (C=O) groups excluding carboxylic acids is 3. The smallest absolute Gasteiger partial charge is 0.306 e. The highest BCUT2D eigenvalue weighted by atomic mass is 16.7. The number of hydrogen-bond donors (Lipinski definition) is 0. The third kappa shape index (κ3) is 77.1.